The maximum absolute atomic E-state index is 11.7. The summed E-state index contributed by atoms with van der Waals surface area (Å²) < 4.78 is 11.7. The number of thioether (sulfide) groups is 1. The molecule has 3 nitrogen and oxygen atoms in total. The molecule has 1 aromatic carbocycles. The zero-order chi connectivity index (χ0) is 12.7. The van der Waals surface area contributed by atoms with Crippen molar-refractivity contribution >= 4 is 28.5 Å². The number of hydrogen-bond donors (Lipinski definition) is 1. The molecule has 94 valence electrons. The van der Waals surface area contributed by atoms with Gasteiger partial charge in [0.2, 0.25) is 0 Å². The van der Waals surface area contributed by atoms with Gasteiger partial charge in [-0.25, -0.2) is 0 Å². The predicted octanol–water partition coefficient (Wildman–Crippen LogP) is 2.39. The molecule has 2 atom stereocenters. The van der Waals surface area contributed by atoms with E-state index in [4.69, 9.17) is 5.11 Å². The lowest BCUT2D eigenvalue weighted by molar-refractivity contribution is -0.136. The van der Waals surface area contributed by atoms with Crippen LogP contribution in [0, 0.1) is 0 Å². The molecule has 17 heavy (non-hydrogen) atoms. The van der Waals surface area contributed by atoms with Gasteiger partial charge in [0.1, 0.15) is 5.25 Å². The molecular weight excluding hydrogens is 256 g/mol. The molecule has 0 bridgehead atoms. The molecule has 0 saturated heterocycles. The zero-order valence-electron chi connectivity index (χ0n) is 9.67. The number of carbonyl (C=O) groups is 1. The summed E-state index contributed by atoms with van der Waals surface area (Å²) in [5.41, 5.74) is 0. The van der Waals surface area contributed by atoms with Crippen LogP contribution in [0.1, 0.15) is 13.3 Å². The van der Waals surface area contributed by atoms with Crippen molar-refractivity contribution in [3.8, 4) is 0 Å². The Morgan fingerprint density at radius 1 is 1.41 bits per heavy atom. The summed E-state index contributed by atoms with van der Waals surface area (Å²) in [7, 11) is -1.28. The Morgan fingerprint density at radius 2 is 2.06 bits per heavy atom. The van der Waals surface area contributed by atoms with E-state index in [1.54, 1.807) is 18.7 Å². The fourth-order valence-electron chi connectivity index (χ4n) is 1.37. The third-order valence-corrected chi connectivity index (χ3v) is 5.31. The van der Waals surface area contributed by atoms with Crippen LogP contribution in [-0.2, 0) is 15.6 Å². The van der Waals surface area contributed by atoms with Crippen LogP contribution in [0.4, 0.5) is 0 Å². The number of carboxylic acids is 1. The van der Waals surface area contributed by atoms with Crippen LogP contribution in [0.25, 0.3) is 0 Å². The molecule has 0 radical (unpaired) electrons. The van der Waals surface area contributed by atoms with Gasteiger partial charge in [0.05, 0.1) is 0 Å². The minimum atomic E-state index is -1.28. The van der Waals surface area contributed by atoms with E-state index in [0.29, 0.717) is 17.9 Å². The Bertz CT molecular complexity index is 379. The molecule has 0 saturated carbocycles. The van der Waals surface area contributed by atoms with E-state index in [2.05, 4.69) is 0 Å². The van der Waals surface area contributed by atoms with Gasteiger partial charge in [-0.2, -0.15) is 0 Å². The normalized spacial score (nSPS) is 14.2. The van der Waals surface area contributed by atoms with E-state index in [9.17, 15) is 9.00 Å². The van der Waals surface area contributed by atoms with Crippen molar-refractivity contribution in [3.63, 3.8) is 0 Å². The van der Waals surface area contributed by atoms with E-state index in [1.807, 2.05) is 30.3 Å². The second-order valence-corrected chi connectivity index (χ2v) is 6.39. The quantitative estimate of drug-likeness (QED) is 0.774. The molecule has 0 heterocycles. The van der Waals surface area contributed by atoms with E-state index >= 15 is 0 Å². The summed E-state index contributed by atoms with van der Waals surface area (Å²) in [6.07, 6.45) is 0.415. The molecule has 0 fully saturated rings. The van der Waals surface area contributed by atoms with Crippen LogP contribution >= 0.6 is 11.8 Å². The van der Waals surface area contributed by atoms with Crippen molar-refractivity contribution in [3.05, 3.63) is 30.3 Å². The summed E-state index contributed by atoms with van der Waals surface area (Å²) in [6, 6.07) is 9.82. The Labute approximate surface area is 108 Å². The first kappa shape index (κ1) is 14.3. The van der Waals surface area contributed by atoms with Crippen LogP contribution in [0.3, 0.4) is 0 Å². The average molecular weight is 272 g/mol. The third-order valence-electron chi connectivity index (χ3n) is 2.26. The molecule has 0 aromatic heterocycles. The van der Waals surface area contributed by atoms with Crippen molar-refractivity contribution < 1.29 is 14.1 Å². The van der Waals surface area contributed by atoms with E-state index < -0.39 is 22.0 Å². The minimum Gasteiger partial charge on any atom is -0.480 e. The highest BCUT2D eigenvalue weighted by atomic mass is 32.2. The lowest BCUT2D eigenvalue weighted by Crippen LogP contribution is -2.27. The molecule has 0 amide bonds. The lowest BCUT2D eigenvalue weighted by Gasteiger charge is -2.09. The summed E-state index contributed by atoms with van der Waals surface area (Å²) in [5, 5.41) is 8.13. The van der Waals surface area contributed by atoms with Crippen LogP contribution in [0.2, 0.25) is 0 Å². The second kappa shape index (κ2) is 7.50. The smallest absolute Gasteiger partial charge is 0.319 e. The summed E-state index contributed by atoms with van der Waals surface area (Å²) >= 11 is 1.60. The molecule has 0 spiro atoms. The minimum absolute atomic E-state index is 0.415. The van der Waals surface area contributed by atoms with Crippen molar-refractivity contribution in [1.82, 2.24) is 0 Å². The van der Waals surface area contributed by atoms with Crippen molar-refractivity contribution in [2.24, 2.45) is 0 Å². The lowest BCUT2D eigenvalue weighted by atomic mass is 10.3. The second-order valence-electron chi connectivity index (χ2n) is 3.48. The highest BCUT2D eigenvalue weighted by molar-refractivity contribution is 8.00. The van der Waals surface area contributed by atoms with Gasteiger partial charge < -0.3 is 5.11 Å². The summed E-state index contributed by atoms with van der Waals surface area (Å²) in [4.78, 5) is 11.9. The summed E-state index contributed by atoms with van der Waals surface area (Å²) in [5.74, 6) is 0.139. The van der Waals surface area contributed by atoms with E-state index in [0.717, 1.165) is 4.90 Å². The van der Waals surface area contributed by atoms with Gasteiger partial charge in [-0.15, -0.1) is 11.8 Å². The molecule has 2 unspecified atom stereocenters. The average Bonchev–Trinajstić information content (AvgIpc) is 2.30. The third kappa shape index (κ3) is 4.91. The molecule has 0 aliphatic carbocycles. The molecule has 5 heteroatoms. The van der Waals surface area contributed by atoms with Crippen LogP contribution < -0.4 is 0 Å². The van der Waals surface area contributed by atoms with Crippen molar-refractivity contribution in [2.75, 3.05) is 11.5 Å². The number of rotatable bonds is 7. The predicted molar refractivity (Wildman–Crippen MR) is 71.9 cm³/mol. The topological polar surface area (TPSA) is 54.4 Å². The largest absolute Gasteiger partial charge is 0.480 e. The first-order valence-corrected chi connectivity index (χ1v) is 7.79. The van der Waals surface area contributed by atoms with Gasteiger partial charge >= 0.3 is 5.97 Å². The fourth-order valence-corrected chi connectivity index (χ4v) is 3.83. The molecular formula is C12H16O3S2. The van der Waals surface area contributed by atoms with Gasteiger partial charge in [0, 0.05) is 27.2 Å². The monoisotopic (exact) mass is 272 g/mol. The zero-order valence-corrected chi connectivity index (χ0v) is 11.3. The van der Waals surface area contributed by atoms with Gasteiger partial charge in [-0.05, 0) is 18.6 Å². The number of aliphatic carboxylic acids is 1. The van der Waals surface area contributed by atoms with Crippen molar-refractivity contribution in [1.29, 1.82) is 0 Å². The standard InChI is InChI=1S/C12H16O3S2/c1-2-11(12(13)14)17(15)9-8-16-10-6-4-3-5-7-10/h3-7,11H,2,8-9H2,1H3,(H,13,14). The highest BCUT2D eigenvalue weighted by Crippen LogP contribution is 2.17. The fraction of sp³-hybridized carbons (Fsp3) is 0.417. The first-order valence-electron chi connectivity index (χ1n) is 5.43. The summed E-state index contributed by atoms with van der Waals surface area (Å²) in [6.45, 7) is 1.75. The maximum Gasteiger partial charge on any atom is 0.319 e. The number of carboxylic acid groups (broad SMARTS) is 1. The number of hydrogen-bond acceptors (Lipinski definition) is 3. The van der Waals surface area contributed by atoms with E-state index in [1.165, 1.54) is 0 Å². The van der Waals surface area contributed by atoms with Gasteiger partial charge in [-0.3, -0.25) is 9.00 Å². The van der Waals surface area contributed by atoms with Crippen molar-refractivity contribution in [2.45, 2.75) is 23.5 Å². The molecule has 0 aliphatic rings. The van der Waals surface area contributed by atoms with Crippen LogP contribution in [0.15, 0.2) is 35.2 Å². The van der Waals surface area contributed by atoms with Gasteiger partial charge in [-0.1, -0.05) is 25.1 Å². The Balaban J connectivity index is 2.36. The first-order chi connectivity index (χ1) is 8.15. The molecule has 1 aromatic rings. The Hall–Kier alpha value is -0.810. The Kier molecular flexibility index (Phi) is 6.29. The number of benzene rings is 1. The molecule has 1 rings (SSSR count). The van der Waals surface area contributed by atoms with Crippen LogP contribution in [-0.4, -0.2) is 32.0 Å². The van der Waals surface area contributed by atoms with Gasteiger partial charge in [0.25, 0.3) is 0 Å². The Morgan fingerprint density at radius 3 is 2.59 bits per heavy atom. The molecule has 1 N–H and O–H groups in total. The maximum atomic E-state index is 11.7. The van der Waals surface area contributed by atoms with Crippen LogP contribution in [0.5, 0.6) is 0 Å². The SMILES string of the molecule is CCC(C(=O)O)S(=O)CCSc1ccccc1. The highest BCUT2D eigenvalue weighted by Gasteiger charge is 2.21. The van der Waals surface area contributed by atoms with Gasteiger partial charge in [0.15, 0.2) is 0 Å². The van der Waals surface area contributed by atoms with E-state index in [-0.39, 0.29) is 0 Å². The molecule has 0 aliphatic heterocycles.